The first-order valence-corrected chi connectivity index (χ1v) is 18.2. The predicted octanol–water partition coefficient (Wildman–Crippen LogP) is 12.9. The van der Waals surface area contributed by atoms with Gasteiger partial charge in [-0.05, 0) is 83.4 Å². The van der Waals surface area contributed by atoms with E-state index < -0.39 is 0 Å². The molecule has 0 spiro atoms. The van der Waals surface area contributed by atoms with Gasteiger partial charge in [0.1, 0.15) is 11.2 Å². The minimum absolute atomic E-state index is 0.566. The summed E-state index contributed by atoms with van der Waals surface area (Å²) in [7, 11) is 0. The van der Waals surface area contributed by atoms with Crippen molar-refractivity contribution in [2.75, 3.05) is 0 Å². The van der Waals surface area contributed by atoms with E-state index in [9.17, 15) is 10.5 Å². The summed E-state index contributed by atoms with van der Waals surface area (Å²) in [6.45, 7) is 0. The standard InChI is InChI=1S/C50H28N4O/c51-29-31-17-19-32(20-18-31)36-23-21-33(27-34(36)30-52)37-24-22-35(28-47(37)54-43-13-5-1-9-38(43)39-10-2-6-14-44(39)54)53-45-15-7-3-12-42(45)49-46(53)26-25-41-40-11-4-8-16-48(40)55-50(41)49/h1-28H. The number of rotatable bonds is 4. The van der Waals surface area contributed by atoms with Gasteiger partial charge >= 0.3 is 0 Å². The molecule has 0 N–H and O–H groups in total. The Morgan fingerprint density at radius 1 is 0.436 bits per heavy atom. The van der Waals surface area contributed by atoms with E-state index in [4.69, 9.17) is 4.42 Å². The Hall–Kier alpha value is -7.86. The lowest BCUT2D eigenvalue weighted by atomic mass is 9.94. The predicted molar refractivity (Wildman–Crippen MR) is 223 cm³/mol. The molecule has 0 radical (unpaired) electrons. The summed E-state index contributed by atoms with van der Waals surface area (Å²) in [5.74, 6) is 0. The second kappa shape index (κ2) is 11.8. The Bertz CT molecular complexity index is 3400. The van der Waals surface area contributed by atoms with Gasteiger partial charge < -0.3 is 13.6 Å². The number of furan rings is 1. The summed E-state index contributed by atoms with van der Waals surface area (Å²) in [6, 6.07) is 63.0. The maximum atomic E-state index is 10.5. The Morgan fingerprint density at radius 3 is 1.76 bits per heavy atom. The number of benzene rings is 8. The molecule has 3 aromatic heterocycles. The van der Waals surface area contributed by atoms with E-state index in [2.05, 4.69) is 143 Å². The van der Waals surface area contributed by atoms with E-state index in [1.165, 1.54) is 10.8 Å². The maximum Gasteiger partial charge on any atom is 0.145 e. The van der Waals surface area contributed by atoms with Crippen LogP contribution in [0.2, 0.25) is 0 Å². The molecule has 0 aliphatic carbocycles. The van der Waals surface area contributed by atoms with Crippen molar-refractivity contribution in [2.24, 2.45) is 0 Å². The van der Waals surface area contributed by atoms with Crippen LogP contribution in [-0.2, 0) is 0 Å². The smallest absolute Gasteiger partial charge is 0.145 e. The first-order chi connectivity index (χ1) is 27.2. The molecular formula is C50H28N4O. The van der Waals surface area contributed by atoms with Crippen LogP contribution in [0.25, 0.3) is 99.2 Å². The average molecular weight is 701 g/mol. The van der Waals surface area contributed by atoms with Crippen molar-refractivity contribution in [3.8, 4) is 45.8 Å². The van der Waals surface area contributed by atoms with Gasteiger partial charge in [-0.15, -0.1) is 0 Å². The fraction of sp³-hybridized carbons (Fsp3) is 0. The van der Waals surface area contributed by atoms with Crippen molar-refractivity contribution in [2.45, 2.75) is 0 Å². The summed E-state index contributed by atoms with van der Waals surface area (Å²) in [5.41, 5.74) is 12.9. The van der Waals surface area contributed by atoms with Crippen molar-refractivity contribution >= 4 is 65.6 Å². The lowest BCUT2D eigenvalue weighted by molar-refractivity contribution is 0.673. The van der Waals surface area contributed by atoms with Crippen LogP contribution in [-0.4, -0.2) is 9.13 Å². The largest absolute Gasteiger partial charge is 0.455 e. The van der Waals surface area contributed by atoms with E-state index in [1.54, 1.807) is 12.1 Å². The summed E-state index contributed by atoms with van der Waals surface area (Å²) < 4.78 is 11.3. The minimum Gasteiger partial charge on any atom is -0.455 e. The third kappa shape index (κ3) is 4.51. The number of aromatic nitrogens is 2. The summed E-state index contributed by atoms with van der Waals surface area (Å²) in [5, 5.41) is 26.6. The van der Waals surface area contributed by atoms with E-state index in [0.717, 1.165) is 88.4 Å². The fourth-order valence-electron chi connectivity index (χ4n) is 8.56. The molecule has 5 nitrogen and oxygen atoms in total. The van der Waals surface area contributed by atoms with Crippen LogP contribution in [0.15, 0.2) is 174 Å². The molecule has 0 bridgehead atoms. The number of hydrogen-bond acceptors (Lipinski definition) is 3. The normalized spacial score (nSPS) is 11.6. The SMILES string of the molecule is N#Cc1ccc(-c2ccc(-c3ccc(-n4c5ccccc5c5c6oc7ccccc7c6ccc54)cc3-n3c4ccccc4c4ccccc43)cc2C#N)cc1. The number of nitriles is 2. The van der Waals surface area contributed by atoms with Crippen molar-refractivity contribution in [1.82, 2.24) is 9.13 Å². The number of hydrogen-bond donors (Lipinski definition) is 0. The first kappa shape index (κ1) is 30.7. The maximum absolute atomic E-state index is 10.5. The third-order valence-corrected chi connectivity index (χ3v) is 11.0. The minimum atomic E-state index is 0.566. The average Bonchev–Trinajstić information content (AvgIpc) is 3.91. The van der Waals surface area contributed by atoms with Crippen molar-refractivity contribution in [1.29, 1.82) is 10.5 Å². The highest BCUT2D eigenvalue weighted by molar-refractivity contribution is 6.24. The van der Waals surface area contributed by atoms with Gasteiger partial charge in [0.2, 0.25) is 0 Å². The Balaban J connectivity index is 1.20. The molecule has 3 heterocycles. The van der Waals surface area contributed by atoms with Gasteiger partial charge in [0, 0.05) is 38.2 Å². The number of fused-ring (bicyclic) bond motifs is 10. The molecule has 11 aromatic rings. The topological polar surface area (TPSA) is 70.6 Å². The van der Waals surface area contributed by atoms with Crippen molar-refractivity contribution in [3.63, 3.8) is 0 Å². The van der Waals surface area contributed by atoms with Crippen LogP contribution in [0.1, 0.15) is 11.1 Å². The van der Waals surface area contributed by atoms with Crippen molar-refractivity contribution < 1.29 is 4.42 Å². The van der Waals surface area contributed by atoms with E-state index in [0.29, 0.717) is 11.1 Å². The van der Waals surface area contributed by atoms with Gasteiger partial charge in [-0.1, -0.05) is 103 Å². The van der Waals surface area contributed by atoms with Crippen LogP contribution >= 0.6 is 0 Å². The van der Waals surface area contributed by atoms with E-state index >= 15 is 0 Å². The highest BCUT2D eigenvalue weighted by atomic mass is 16.3. The lowest BCUT2D eigenvalue weighted by Crippen LogP contribution is -2.01. The van der Waals surface area contributed by atoms with Gasteiger partial charge in [-0.2, -0.15) is 10.5 Å². The quantitative estimate of drug-likeness (QED) is 0.183. The molecule has 11 rings (SSSR count). The molecule has 0 aliphatic heterocycles. The monoisotopic (exact) mass is 700 g/mol. The second-order valence-corrected chi connectivity index (χ2v) is 13.9. The Labute approximate surface area is 315 Å². The molecule has 0 atom stereocenters. The molecule has 254 valence electrons. The summed E-state index contributed by atoms with van der Waals surface area (Å²) in [6.07, 6.45) is 0. The molecule has 0 saturated heterocycles. The zero-order chi connectivity index (χ0) is 36.6. The number of nitrogens with zero attached hydrogens (tertiary/aromatic N) is 4. The Kier molecular flexibility index (Phi) is 6.61. The molecule has 0 fully saturated rings. The van der Waals surface area contributed by atoms with Gasteiger partial charge in [0.25, 0.3) is 0 Å². The molecule has 0 unspecified atom stereocenters. The fourth-order valence-corrected chi connectivity index (χ4v) is 8.56. The van der Waals surface area contributed by atoms with Crippen LogP contribution < -0.4 is 0 Å². The third-order valence-electron chi connectivity index (χ3n) is 11.0. The van der Waals surface area contributed by atoms with Crippen LogP contribution in [0.4, 0.5) is 0 Å². The molecule has 0 aliphatic rings. The van der Waals surface area contributed by atoms with Gasteiger partial charge in [0.05, 0.1) is 56.4 Å². The van der Waals surface area contributed by atoms with Gasteiger partial charge in [-0.3, -0.25) is 0 Å². The van der Waals surface area contributed by atoms with Crippen LogP contribution in [0.5, 0.6) is 0 Å². The van der Waals surface area contributed by atoms with Crippen LogP contribution in [0, 0.1) is 22.7 Å². The van der Waals surface area contributed by atoms with E-state index in [1.807, 2.05) is 36.4 Å². The molecule has 0 amide bonds. The van der Waals surface area contributed by atoms with Gasteiger partial charge in [0.15, 0.2) is 0 Å². The highest BCUT2D eigenvalue weighted by Crippen LogP contribution is 2.43. The second-order valence-electron chi connectivity index (χ2n) is 13.9. The van der Waals surface area contributed by atoms with Gasteiger partial charge in [-0.25, -0.2) is 0 Å². The molecule has 55 heavy (non-hydrogen) atoms. The highest BCUT2D eigenvalue weighted by Gasteiger charge is 2.22. The molecular weight excluding hydrogens is 673 g/mol. The zero-order valence-electron chi connectivity index (χ0n) is 29.4. The van der Waals surface area contributed by atoms with Crippen LogP contribution in [0.3, 0.4) is 0 Å². The Morgan fingerprint density at radius 2 is 1.05 bits per heavy atom. The number of para-hydroxylation sites is 4. The summed E-state index contributed by atoms with van der Waals surface area (Å²) >= 11 is 0. The lowest BCUT2D eigenvalue weighted by Gasteiger charge is -2.18. The first-order valence-electron chi connectivity index (χ1n) is 18.2. The van der Waals surface area contributed by atoms with E-state index in [-0.39, 0.29) is 0 Å². The molecule has 0 saturated carbocycles. The zero-order valence-corrected chi connectivity index (χ0v) is 29.4. The summed E-state index contributed by atoms with van der Waals surface area (Å²) in [4.78, 5) is 0. The molecule has 5 heteroatoms. The van der Waals surface area contributed by atoms with Crippen molar-refractivity contribution in [3.05, 3.63) is 181 Å². The molecule has 8 aromatic carbocycles.